The Labute approximate surface area is 146 Å². The molecule has 3 aliphatic carbocycles. The Morgan fingerprint density at radius 1 is 1.12 bits per heavy atom. The summed E-state index contributed by atoms with van der Waals surface area (Å²) in [6, 6.07) is 5.59. The van der Waals surface area contributed by atoms with Crippen molar-refractivity contribution in [2.24, 2.45) is 5.92 Å². The van der Waals surface area contributed by atoms with Crippen LogP contribution in [-0.4, -0.2) is 15.0 Å². The van der Waals surface area contributed by atoms with Crippen LogP contribution in [0.2, 0.25) is 0 Å². The molecule has 0 unspecified atom stereocenters. The third-order valence-electron chi connectivity index (χ3n) is 6.15. The van der Waals surface area contributed by atoms with E-state index >= 15 is 0 Å². The molecule has 0 spiro atoms. The average molecular weight is 351 g/mol. The number of aryl methyl sites for hydroxylation is 1. The second-order valence-corrected chi connectivity index (χ2v) is 9.34. The van der Waals surface area contributed by atoms with Crippen LogP contribution in [0.3, 0.4) is 0 Å². The number of hydrogen-bond donors (Lipinski definition) is 0. The highest BCUT2D eigenvalue weighted by Gasteiger charge is 2.42. The standard InChI is InChI=1S/C20H30O3S/c1-3-4-5-14-23-24(21,22)18-7-6-16(2)19(15-18)20-11-8-17(9-12-20)10-13-20/h6-7,15,17H,3-5,8-14H2,1-2H3. The van der Waals surface area contributed by atoms with Crippen LogP contribution in [-0.2, 0) is 19.7 Å². The Bertz CT molecular complexity index is 656. The van der Waals surface area contributed by atoms with Gasteiger partial charge in [0.05, 0.1) is 11.5 Å². The van der Waals surface area contributed by atoms with E-state index in [-0.39, 0.29) is 12.0 Å². The van der Waals surface area contributed by atoms with E-state index in [9.17, 15) is 8.42 Å². The predicted molar refractivity (Wildman–Crippen MR) is 96.7 cm³/mol. The number of benzene rings is 1. The summed E-state index contributed by atoms with van der Waals surface area (Å²) in [5, 5.41) is 0. The van der Waals surface area contributed by atoms with Gasteiger partial charge in [-0.3, -0.25) is 4.18 Å². The number of fused-ring (bicyclic) bond motifs is 3. The van der Waals surface area contributed by atoms with Crippen LogP contribution in [0.1, 0.15) is 75.8 Å². The fourth-order valence-corrected chi connectivity index (χ4v) is 5.54. The fourth-order valence-electron chi connectivity index (χ4n) is 4.57. The van der Waals surface area contributed by atoms with Gasteiger partial charge in [-0.15, -0.1) is 0 Å². The van der Waals surface area contributed by atoms with Gasteiger partial charge in [0.15, 0.2) is 0 Å². The fraction of sp³-hybridized carbons (Fsp3) is 0.700. The molecular weight excluding hydrogens is 320 g/mol. The quantitative estimate of drug-likeness (QED) is 0.507. The van der Waals surface area contributed by atoms with Crippen LogP contribution in [0.5, 0.6) is 0 Å². The minimum Gasteiger partial charge on any atom is -0.266 e. The van der Waals surface area contributed by atoms with Crippen molar-refractivity contribution in [1.29, 1.82) is 0 Å². The molecule has 3 saturated carbocycles. The summed E-state index contributed by atoms with van der Waals surface area (Å²) in [6.07, 6.45) is 10.4. The minimum absolute atomic E-state index is 0.201. The van der Waals surface area contributed by atoms with Crippen LogP contribution in [0.15, 0.2) is 23.1 Å². The van der Waals surface area contributed by atoms with Crippen molar-refractivity contribution in [2.45, 2.75) is 81.9 Å². The number of unbranched alkanes of at least 4 members (excludes halogenated alkanes) is 2. The van der Waals surface area contributed by atoms with Gasteiger partial charge in [-0.1, -0.05) is 25.8 Å². The smallest absolute Gasteiger partial charge is 0.266 e. The zero-order valence-electron chi connectivity index (χ0n) is 15.0. The molecule has 4 rings (SSSR count). The second-order valence-electron chi connectivity index (χ2n) is 7.72. The number of rotatable bonds is 7. The molecule has 4 heteroatoms. The molecule has 24 heavy (non-hydrogen) atoms. The molecular formula is C20H30O3S. The Balaban J connectivity index is 1.83. The van der Waals surface area contributed by atoms with Gasteiger partial charge in [0.2, 0.25) is 0 Å². The van der Waals surface area contributed by atoms with Gasteiger partial charge in [-0.2, -0.15) is 8.42 Å². The van der Waals surface area contributed by atoms with Gasteiger partial charge < -0.3 is 0 Å². The van der Waals surface area contributed by atoms with Crippen molar-refractivity contribution in [2.75, 3.05) is 6.61 Å². The Kier molecular flexibility index (Phi) is 5.36. The highest BCUT2D eigenvalue weighted by atomic mass is 32.2. The number of hydrogen-bond acceptors (Lipinski definition) is 3. The predicted octanol–water partition coefficient (Wildman–Crippen LogP) is 5.11. The summed E-state index contributed by atoms with van der Waals surface area (Å²) < 4.78 is 30.3. The van der Waals surface area contributed by atoms with Crippen LogP contribution in [0, 0.1) is 12.8 Å². The van der Waals surface area contributed by atoms with Crippen molar-refractivity contribution in [3.05, 3.63) is 29.3 Å². The molecule has 0 N–H and O–H groups in total. The first-order valence-corrected chi connectivity index (χ1v) is 10.9. The van der Waals surface area contributed by atoms with Crippen LogP contribution < -0.4 is 0 Å². The highest BCUT2D eigenvalue weighted by Crippen LogP contribution is 2.52. The molecule has 0 aliphatic heterocycles. The molecule has 0 saturated heterocycles. The van der Waals surface area contributed by atoms with E-state index in [1.54, 1.807) is 6.07 Å². The van der Waals surface area contributed by atoms with Gasteiger partial charge in [-0.25, -0.2) is 0 Å². The molecule has 2 bridgehead atoms. The molecule has 0 atom stereocenters. The first-order valence-electron chi connectivity index (χ1n) is 9.47. The lowest BCUT2D eigenvalue weighted by Crippen LogP contribution is -2.38. The minimum atomic E-state index is -3.64. The summed E-state index contributed by atoms with van der Waals surface area (Å²) in [6.45, 7) is 4.49. The second kappa shape index (κ2) is 7.17. The van der Waals surface area contributed by atoms with Crippen LogP contribution >= 0.6 is 0 Å². The van der Waals surface area contributed by atoms with E-state index < -0.39 is 10.1 Å². The largest absolute Gasteiger partial charge is 0.296 e. The third kappa shape index (κ3) is 3.55. The SMILES string of the molecule is CCCCCOS(=O)(=O)c1ccc(C)c(C23CCC(CC2)CC3)c1. The summed E-state index contributed by atoms with van der Waals surface area (Å²) in [7, 11) is -3.64. The maximum atomic E-state index is 12.5. The van der Waals surface area contributed by atoms with Crippen molar-refractivity contribution >= 4 is 10.1 Å². The molecule has 134 valence electrons. The Morgan fingerprint density at radius 3 is 2.42 bits per heavy atom. The van der Waals surface area contributed by atoms with E-state index in [2.05, 4.69) is 13.8 Å². The molecule has 3 aliphatic rings. The Morgan fingerprint density at radius 2 is 1.79 bits per heavy atom. The Hall–Kier alpha value is -0.870. The van der Waals surface area contributed by atoms with Crippen molar-refractivity contribution in [1.82, 2.24) is 0 Å². The summed E-state index contributed by atoms with van der Waals surface area (Å²) in [4.78, 5) is 0.335. The van der Waals surface area contributed by atoms with Crippen molar-refractivity contribution in [3.8, 4) is 0 Å². The molecule has 3 fully saturated rings. The molecule has 0 aromatic heterocycles. The highest BCUT2D eigenvalue weighted by molar-refractivity contribution is 7.86. The summed E-state index contributed by atoms with van der Waals surface area (Å²) >= 11 is 0. The van der Waals surface area contributed by atoms with Crippen molar-refractivity contribution in [3.63, 3.8) is 0 Å². The van der Waals surface area contributed by atoms with E-state index in [0.29, 0.717) is 4.90 Å². The summed E-state index contributed by atoms with van der Waals surface area (Å²) in [5.41, 5.74) is 2.67. The zero-order chi connectivity index (χ0) is 17.2. The third-order valence-corrected chi connectivity index (χ3v) is 7.46. The molecule has 1 aromatic carbocycles. The van der Waals surface area contributed by atoms with Crippen molar-refractivity contribution < 1.29 is 12.6 Å². The average Bonchev–Trinajstić information content (AvgIpc) is 2.60. The lowest BCUT2D eigenvalue weighted by molar-refractivity contribution is 0.135. The van der Waals surface area contributed by atoms with Gasteiger partial charge in [0.25, 0.3) is 10.1 Å². The molecule has 3 nitrogen and oxygen atoms in total. The van der Waals surface area contributed by atoms with Gasteiger partial charge in [-0.05, 0) is 86.5 Å². The zero-order valence-corrected chi connectivity index (χ0v) is 15.8. The maximum absolute atomic E-state index is 12.5. The van der Waals surface area contributed by atoms with E-state index in [1.165, 1.54) is 49.7 Å². The van der Waals surface area contributed by atoms with Crippen LogP contribution in [0.25, 0.3) is 0 Å². The topological polar surface area (TPSA) is 43.4 Å². The lowest BCUT2D eigenvalue weighted by Gasteiger charge is -2.47. The molecule has 1 aromatic rings. The lowest BCUT2D eigenvalue weighted by atomic mass is 9.57. The molecule has 0 radical (unpaired) electrons. The summed E-state index contributed by atoms with van der Waals surface area (Å²) in [5.74, 6) is 0.904. The van der Waals surface area contributed by atoms with E-state index in [4.69, 9.17) is 4.18 Å². The normalized spacial score (nSPS) is 26.7. The van der Waals surface area contributed by atoms with Crippen LogP contribution in [0.4, 0.5) is 0 Å². The van der Waals surface area contributed by atoms with E-state index in [0.717, 1.165) is 25.2 Å². The first-order chi connectivity index (χ1) is 11.5. The van der Waals surface area contributed by atoms with Gasteiger partial charge in [0.1, 0.15) is 0 Å². The molecule has 0 heterocycles. The monoisotopic (exact) mass is 350 g/mol. The maximum Gasteiger partial charge on any atom is 0.296 e. The van der Waals surface area contributed by atoms with Gasteiger partial charge in [0, 0.05) is 0 Å². The first kappa shape index (κ1) is 17.9. The molecule has 0 amide bonds. The van der Waals surface area contributed by atoms with E-state index in [1.807, 2.05) is 12.1 Å². The van der Waals surface area contributed by atoms with Gasteiger partial charge >= 0.3 is 0 Å².